The Bertz CT molecular complexity index is 1240. The molecule has 1 fully saturated rings. The largest absolute Gasteiger partial charge is 0.395 e. The molecule has 3 aromatic carbocycles. The number of benzene rings is 3. The smallest absolute Gasteiger partial charge is 0.239 e. The molecule has 0 unspecified atom stereocenters. The fourth-order valence-corrected chi connectivity index (χ4v) is 6.95. The number of aliphatic hydroxyl groups is 1. The lowest BCUT2D eigenvalue weighted by atomic mass is 9.47. The van der Waals surface area contributed by atoms with Crippen LogP contribution >= 0.6 is 22.6 Å². The van der Waals surface area contributed by atoms with Gasteiger partial charge >= 0.3 is 0 Å². The number of aliphatic hydroxyl groups excluding tert-OH is 1. The van der Waals surface area contributed by atoms with Crippen molar-refractivity contribution >= 4 is 40.1 Å². The van der Waals surface area contributed by atoms with E-state index in [0.29, 0.717) is 5.69 Å². The maximum Gasteiger partial charge on any atom is 0.239 e. The van der Waals surface area contributed by atoms with Crippen LogP contribution in [-0.4, -0.2) is 23.5 Å². The van der Waals surface area contributed by atoms with Gasteiger partial charge < -0.3 is 5.11 Å². The summed E-state index contributed by atoms with van der Waals surface area (Å²) in [4.78, 5) is 29.2. The molecular formula is C26H20INO3. The predicted octanol–water partition coefficient (Wildman–Crippen LogP) is 4.14. The van der Waals surface area contributed by atoms with Gasteiger partial charge in [-0.3, -0.25) is 9.59 Å². The number of nitrogens with zero attached hydrogens (tertiary/aromatic N) is 1. The van der Waals surface area contributed by atoms with E-state index in [4.69, 9.17) is 0 Å². The maximum absolute atomic E-state index is 14.0. The molecule has 3 aliphatic carbocycles. The van der Waals surface area contributed by atoms with Gasteiger partial charge in [-0.25, -0.2) is 4.90 Å². The second kappa shape index (κ2) is 6.50. The van der Waals surface area contributed by atoms with Gasteiger partial charge in [0.2, 0.25) is 11.8 Å². The van der Waals surface area contributed by atoms with Gasteiger partial charge in [-0.15, -0.1) is 0 Å². The van der Waals surface area contributed by atoms with Crippen molar-refractivity contribution in [3.63, 3.8) is 0 Å². The summed E-state index contributed by atoms with van der Waals surface area (Å²) in [6, 6.07) is 21.8. The van der Waals surface area contributed by atoms with Crippen molar-refractivity contribution in [1.29, 1.82) is 0 Å². The predicted molar refractivity (Wildman–Crippen MR) is 126 cm³/mol. The quantitative estimate of drug-likeness (QED) is 0.408. The minimum Gasteiger partial charge on any atom is -0.395 e. The fraction of sp³-hybridized carbons (Fsp3) is 0.231. The lowest BCUT2D eigenvalue weighted by Crippen LogP contribution is -2.55. The Hall–Kier alpha value is -2.51. The highest BCUT2D eigenvalue weighted by Crippen LogP contribution is 2.64. The molecule has 31 heavy (non-hydrogen) atoms. The number of halogens is 1. The summed E-state index contributed by atoms with van der Waals surface area (Å²) in [7, 11) is 0. The molecule has 4 aliphatic rings. The highest BCUT2D eigenvalue weighted by Gasteiger charge is 2.68. The third-order valence-electron chi connectivity index (χ3n) is 7.44. The summed E-state index contributed by atoms with van der Waals surface area (Å²) in [5, 5.41) is 10.9. The van der Waals surface area contributed by atoms with Crippen molar-refractivity contribution in [2.24, 2.45) is 11.8 Å². The molecule has 0 radical (unpaired) electrons. The third kappa shape index (κ3) is 2.23. The van der Waals surface area contributed by atoms with Gasteiger partial charge in [-0.05, 0) is 75.5 Å². The average Bonchev–Trinajstić information content (AvgIpc) is 3.05. The van der Waals surface area contributed by atoms with Crippen molar-refractivity contribution in [1.82, 2.24) is 0 Å². The normalized spacial score (nSPS) is 27.8. The number of amides is 2. The SMILES string of the molecule is Cc1cc(I)ccc1N1C(=O)[C@@H]2[C@@H](C1=O)C1c3ccccc3C2(CO)c2ccccc21. The Morgan fingerprint density at radius 3 is 2.13 bits per heavy atom. The van der Waals surface area contributed by atoms with E-state index in [0.717, 1.165) is 31.4 Å². The van der Waals surface area contributed by atoms with Gasteiger partial charge in [-0.2, -0.15) is 0 Å². The number of imide groups is 1. The van der Waals surface area contributed by atoms with E-state index < -0.39 is 17.3 Å². The number of hydrogen-bond donors (Lipinski definition) is 1. The monoisotopic (exact) mass is 521 g/mol. The van der Waals surface area contributed by atoms with Crippen LogP contribution in [0.5, 0.6) is 0 Å². The van der Waals surface area contributed by atoms with Gasteiger partial charge in [0.25, 0.3) is 0 Å². The zero-order valence-electron chi connectivity index (χ0n) is 16.9. The third-order valence-corrected chi connectivity index (χ3v) is 8.11. The van der Waals surface area contributed by atoms with E-state index in [1.807, 2.05) is 73.7 Å². The molecule has 0 spiro atoms. The summed E-state index contributed by atoms with van der Waals surface area (Å²) in [6.07, 6.45) is 0. The summed E-state index contributed by atoms with van der Waals surface area (Å²) >= 11 is 2.23. The molecule has 2 atom stereocenters. The lowest BCUT2D eigenvalue weighted by Gasteiger charge is -2.53. The molecule has 7 rings (SSSR count). The van der Waals surface area contributed by atoms with Crippen LogP contribution in [0.1, 0.15) is 33.7 Å². The van der Waals surface area contributed by atoms with Gasteiger partial charge in [-0.1, -0.05) is 48.5 Å². The first-order chi connectivity index (χ1) is 15.0. The first-order valence-electron chi connectivity index (χ1n) is 10.4. The fourth-order valence-electron chi connectivity index (χ4n) is 6.30. The topological polar surface area (TPSA) is 57.6 Å². The van der Waals surface area contributed by atoms with Crippen LogP contribution < -0.4 is 4.90 Å². The van der Waals surface area contributed by atoms with Crippen molar-refractivity contribution in [3.8, 4) is 0 Å². The molecule has 154 valence electrons. The van der Waals surface area contributed by atoms with Crippen LogP contribution in [0, 0.1) is 22.3 Å². The van der Waals surface area contributed by atoms with E-state index in [1.165, 1.54) is 4.90 Å². The zero-order valence-corrected chi connectivity index (χ0v) is 19.0. The van der Waals surface area contributed by atoms with E-state index >= 15 is 0 Å². The van der Waals surface area contributed by atoms with Crippen molar-refractivity contribution in [2.45, 2.75) is 18.3 Å². The Morgan fingerprint density at radius 1 is 0.935 bits per heavy atom. The highest BCUT2D eigenvalue weighted by atomic mass is 127. The van der Waals surface area contributed by atoms with E-state index in [2.05, 4.69) is 22.6 Å². The molecule has 0 saturated carbocycles. The number of carbonyl (C=O) groups excluding carboxylic acids is 2. The first-order valence-corrected chi connectivity index (χ1v) is 11.5. The van der Waals surface area contributed by atoms with Crippen molar-refractivity contribution < 1.29 is 14.7 Å². The number of aryl methyl sites for hydroxylation is 1. The minimum absolute atomic E-state index is 0.161. The molecule has 1 saturated heterocycles. The number of rotatable bonds is 2. The van der Waals surface area contributed by atoms with E-state index in [1.54, 1.807) is 0 Å². The van der Waals surface area contributed by atoms with Gasteiger partial charge in [0, 0.05) is 9.49 Å². The molecule has 1 N–H and O–H groups in total. The van der Waals surface area contributed by atoms with Crippen LogP contribution in [0.15, 0.2) is 66.7 Å². The maximum atomic E-state index is 14.0. The summed E-state index contributed by atoms with van der Waals surface area (Å²) in [6.45, 7) is 1.72. The first kappa shape index (κ1) is 19.2. The van der Waals surface area contributed by atoms with Gasteiger partial charge in [0.15, 0.2) is 0 Å². The minimum atomic E-state index is -0.912. The van der Waals surface area contributed by atoms with Crippen molar-refractivity contribution in [3.05, 3.63) is 98.1 Å². The lowest BCUT2D eigenvalue weighted by molar-refractivity contribution is -0.124. The summed E-state index contributed by atoms with van der Waals surface area (Å²) < 4.78 is 1.06. The zero-order chi connectivity index (χ0) is 21.5. The Kier molecular flexibility index (Phi) is 4.02. The van der Waals surface area contributed by atoms with E-state index in [-0.39, 0.29) is 24.3 Å². The molecule has 5 heteroatoms. The Balaban J connectivity index is 1.64. The van der Waals surface area contributed by atoms with Crippen LogP contribution in [0.2, 0.25) is 0 Å². The summed E-state index contributed by atoms with van der Waals surface area (Å²) in [5.41, 5.74) is 4.69. The van der Waals surface area contributed by atoms with Gasteiger partial charge in [0.1, 0.15) is 0 Å². The molecule has 1 heterocycles. The standard InChI is InChI=1S/C26H20INO3/c1-14-12-15(27)10-11-20(14)28-24(30)22-21-16-6-2-4-8-18(16)26(13-29,23(22)25(28)31)19-9-5-3-7-17(19)21/h2-12,21-23,29H,13H2,1H3/t21?,22-,23-,26?/m0/s1. The van der Waals surface area contributed by atoms with Crippen LogP contribution in [0.25, 0.3) is 0 Å². The molecular weight excluding hydrogens is 501 g/mol. The van der Waals surface area contributed by atoms with Crippen molar-refractivity contribution in [2.75, 3.05) is 11.5 Å². The van der Waals surface area contributed by atoms with Gasteiger partial charge in [0.05, 0.1) is 29.5 Å². The Morgan fingerprint density at radius 2 is 1.55 bits per heavy atom. The molecule has 4 nitrogen and oxygen atoms in total. The van der Waals surface area contributed by atoms with Crippen LogP contribution in [0.3, 0.4) is 0 Å². The Labute approximate surface area is 194 Å². The molecule has 2 bridgehead atoms. The summed E-state index contributed by atoms with van der Waals surface area (Å²) in [5.74, 6) is -1.67. The number of anilines is 1. The van der Waals surface area contributed by atoms with Crippen LogP contribution in [0.4, 0.5) is 5.69 Å². The average molecular weight is 521 g/mol. The second-order valence-electron chi connectivity index (χ2n) is 8.73. The molecule has 2 amide bonds. The van der Waals surface area contributed by atoms with E-state index in [9.17, 15) is 14.7 Å². The van der Waals surface area contributed by atoms with Crippen LogP contribution in [-0.2, 0) is 15.0 Å². The number of hydrogen-bond acceptors (Lipinski definition) is 3. The molecule has 3 aromatic rings. The molecule has 1 aliphatic heterocycles. The number of carbonyl (C=O) groups is 2. The molecule has 0 aromatic heterocycles. The highest BCUT2D eigenvalue weighted by molar-refractivity contribution is 14.1. The second-order valence-corrected chi connectivity index (χ2v) is 9.97.